The Balaban J connectivity index is 1.90. The fourth-order valence-electron chi connectivity index (χ4n) is 2.29. The summed E-state index contributed by atoms with van der Waals surface area (Å²) in [6.07, 6.45) is 1.82. The van der Waals surface area contributed by atoms with Gasteiger partial charge in [-0.1, -0.05) is 55.9 Å². The summed E-state index contributed by atoms with van der Waals surface area (Å²) in [6, 6.07) is 10.3. The Labute approximate surface area is 134 Å². The summed E-state index contributed by atoms with van der Waals surface area (Å²) in [7, 11) is 0. The molecule has 0 aliphatic carbocycles. The lowest BCUT2D eigenvalue weighted by Crippen LogP contribution is -2.05. The van der Waals surface area contributed by atoms with Gasteiger partial charge in [0.15, 0.2) is 5.65 Å². The van der Waals surface area contributed by atoms with Gasteiger partial charge < -0.3 is 10.3 Å². The largest absolute Gasteiger partial charge is 0.368 e. The van der Waals surface area contributed by atoms with Gasteiger partial charge in [0.25, 0.3) is 0 Å². The highest BCUT2D eigenvalue weighted by Crippen LogP contribution is 2.28. The molecule has 5 nitrogen and oxygen atoms in total. The first-order chi connectivity index (χ1) is 10.6. The number of nitrogens with zero attached hydrogens (tertiary/aromatic N) is 4. The Morgan fingerprint density at radius 2 is 1.95 bits per heavy atom. The second-order valence-corrected chi connectivity index (χ2v) is 6.59. The van der Waals surface area contributed by atoms with Crippen LogP contribution in [-0.4, -0.2) is 19.5 Å². The first kappa shape index (κ1) is 14.8. The van der Waals surface area contributed by atoms with E-state index in [0.717, 1.165) is 28.5 Å². The van der Waals surface area contributed by atoms with E-state index in [1.54, 1.807) is 11.8 Å². The average Bonchev–Trinajstić information content (AvgIpc) is 2.88. The van der Waals surface area contributed by atoms with E-state index >= 15 is 0 Å². The van der Waals surface area contributed by atoms with Crippen LogP contribution in [0.25, 0.3) is 11.2 Å². The number of benzene rings is 1. The highest BCUT2D eigenvalue weighted by atomic mass is 32.2. The minimum Gasteiger partial charge on any atom is -0.368 e. The third-order valence-corrected chi connectivity index (χ3v) is 4.27. The average molecular weight is 313 g/mol. The van der Waals surface area contributed by atoms with Crippen LogP contribution in [0.4, 0.5) is 5.95 Å². The smallest absolute Gasteiger partial charge is 0.223 e. The molecular weight excluding hydrogens is 294 g/mol. The molecule has 0 saturated heterocycles. The van der Waals surface area contributed by atoms with E-state index in [9.17, 15) is 0 Å². The van der Waals surface area contributed by atoms with Crippen molar-refractivity contribution in [2.45, 2.75) is 31.2 Å². The second-order valence-electron chi connectivity index (χ2n) is 5.62. The molecule has 2 aromatic heterocycles. The molecule has 3 rings (SSSR count). The summed E-state index contributed by atoms with van der Waals surface area (Å²) in [4.78, 5) is 13.2. The molecule has 2 heterocycles. The van der Waals surface area contributed by atoms with Crippen molar-refractivity contribution in [3.05, 3.63) is 42.2 Å². The molecule has 0 bridgehead atoms. The number of fused-ring (bicyclic) bond motifs is 1. The van der Waals surface area contributed by atoms with Crippen molar-refractivity contribution < 1.29 is 0 Å². The van der Waals surface area contributed by atoms with E-state index in [-0.39, 0.29) is 0 Å². The minimum atomic E-state index is 0.300. The molecule has 0 radical (unpaired) electrons. The van der Waals surface area contributed by atoms with Crippen molar-refractivity contribution in [2.24, 2.45) is 5.92 Å². The SMILES string of the molecule is CC(C)Cn1cnc2c(SCc3ccccc3)nc(N)nc21. The molecule has 0 saturated carbocycles. The predicted molar refractivity (Wildman–Crippen MR) is 90.6 cm³/mol. The van der Waals surface area contributed by atoms with Crippen LogP contribution in [0.3, 0.4) is 0 Å². The van der Waals surface area contributed by atoms with Gasteiger partial charge in [-0.25, -0.2) is 9.97 Å². The monoisotopic (exact) mass is 313 g/mol. The summed E-state index contributed by atoms with van der Waals surface area (Å²) in [6.45, 7) is 5.21. The van der Waals surface area contributed by atoms with Crippen molar-refractivity contribution in [3.8, 4) is 0 Å². The van der Waals surface area contributed by atoms with Gasteiger partial charge in [0, 0.05) is 12.3 Å². The molecular formula is C16H19N5S. The maximum atomic E-state index is 5.88. The number of anilines is 1. The van der Waals surface area contributed by atoms with Crippen molar-refractivity contribution in [2.75, 3.05) is 5.73 Å². The van der Waals surface area contributed by atoms with Gasteiger partial charge in [0.2, 0.25) is 5.95 Å². The number of hydrogen-bond acceptors (Lipinski definition) is 5. The number of thioether (sulfide) groups is 1. The molecule has 0 unspecified atom stereocenters. The van der Waals surface area contributed by atoms with Crippen molar-refractivity contribution in [1.29, 1.82) is 0 Å². The number of aromatic nitrogens is 4. The maximum Gasteiger partial charge on any atom is 0.223 e. The van der Waals surface area contributed by atoms with Gasteiger partial charge in [-0.2, -0.15) is 4.98 Å². The van der Waals surface area contributed by atoms with Crippen LogP contribution in [-0.2, 0) is 12.3 Å². The second kappa shape index (κ2) is 6.36. The lowest BCUT2D eigenvalue weighted by Gasteiger charge is -2.07. The Hall–Kier alpha value is -2.08. The summed E-state index contributed by atoms with van der Waals surface area (Å²) < 4.78 is 2.05. The van der Waals surface area contributed by atoms with Crippen LogP contribution in [0.2, 0.25) is 0 Å². The van der Waals surface area contributed by atoms with Crippen LogP contribution in [0.1, 0.15) is 19.4 Å². The third kappa shape index (κ3) is 3.22. The zero-order valence-electron chi connectivity index (χ0n) is 12.7. The maximum absolute atomic E-state index is 5.88. The third-order valence-electron chi connectivity index (χ3n) is 3.23. The topological polar surface area (TPSA) is 69.6 Å². The first-order valence-corrected chi connectivity index (χ1v) is 8.27. The van der Waals surface area contributed by atoms with E-state index in [1.807, 2.05) is 29.1 Å². The number of hydrogen-bond donors (Lipinski definition) is 1. The lowest BCUT2D eigenvalue weighted by atomic mass is 10.2. The predicted octanol–water partition coefficient (Wildman–Crippen LogP) is 3.36. The van der Waals surface area contributed by atoms with E-state index in [1.165, 1.54) is 5.56 Å². The van der Waals surface area contributed by atoms with Crippen molar-refractivity contribution >= 4 is 28.9 Å². The number of nitrogen functional groups attached to an aromatic ring is 1. The standard InChI is InChI=1S/C16H19N5S/c1-11(2)8-21-10-18-13-14(21)19-16(17)20-15(13)22-9-12-6-4-3-5-7-12/h3-7,10-11H,8-9H2,1-2H3,(H2,17,19,20). The van der Waals surface area contributed by atoms with Gasteiger partial charge in [-0.3, -0.25) is 0 Å². The number of imidazole rings is 1. The molecule has 0 spiro atoms. The highest BCUT2D eigenvalue weighted by Gasteiger charge is 2.13. The van der Waals surface area contributed by atoms with Gasteiger partial charge in [-0.15, -0.1) is 0 Å². The van der Waals surface area contributed by atoms with Crippen molar-refractivity contribution in [3.63, 3.8) is 0 Å². The molecule has 114 valence electrons. The van der Waals surface area contributed by atoms with Crippen LogP contribution < -0.4 is 5.73 Å². The molecule has 0 amide bonds. The van der Waals surface area contributed by atoms with Gasteiger partial charge in [0.05, 0.1) is 6.33 Å². The van der Waals surface area contributed by atoms with E-state index in [0.29, 0.717) is 11.9 Å². The van der Waals surface area contributed by atoms with E-state index in [4.69, 9.17) is 5.73 Å². The molecule has 3 aromatic rings. The van der Waals surface area contributed by atoms with Crippen LogP contribution in [0.15, 0.2) is 41.7 Å². The van der Waals surface area contributed by atoms with Crippen LogP contribution in [0.5, 0.6) is 0 Å². The molecule has 22 heavy (non-hydrogen) atoms. The summed E-state index contributed by atoms with van der Waals surface area (Å²) in [5.41, 5.74) is 8.77. The van der Waals surface area contributed by atoms with Gasteiger partial charge >= 0.3 is 0 Å². The van der Waals surface area contributed by atoms with Crippen LogP contribution >= 0.6 is 11.8 Å². The summed E-state index contributed by atoms with van der Waals surface area (Å²) >= 11 is 1.64. The summed E-state index contributed by atoms with van der Waals surface area (Å²) in [5, 5.41) is 0.842. The summed E-state index contributed by atoms with van der Waals surface area (Å²) in [5.74, 6) is 1.66. The fraction of sp³-hybridized carbons (Fsp3) is 0.312. The molecule has 2 N–H and O–H groups in total. The zero-order valence-corrected chi connectivity index (χ0v) is 13.5. The first-order valence-electron chi connectivity index (χ1n) is 7.28. The normalized spacial score (nSPS) is 11.4. The zero-order chi connectivity index (χ0) is 15.5. The van der Waals surface area contributed by atoms with Gasteiger partial charge in [-0.05, 0) is 11.5 Å². The van der Waals surface area contributed by atoms with Gasteiger partial charge in [0.1, 0.15) is 10.5 Å². The van der Waals surface area contributed by atoms with E-state index < -0.39 is 0 Å². The Kier molecular flexibility index (Phi) is 4.29. The van der Waals surface area contributed by atoms with Crippen LogP contribution in [0, 0.1) is 5.92 Å². The lowest BCUT2D eigenvalue weighted by molar-refractivity contribution is 0.530. The Morgan fingerprint density at radius 1 is 1.18 bits per heavy atom. The molecule has 6 heteroatoms. The van der Waals surface area contributed by atoms with Crippen molar-refractivity contribution in [1.82, 2.24) is 19.5 Å². The quantitative estimate of drug-likeness (QED) is 0.578. The Morgan fingerprint density at radius 3 is 2.68 bits per heavy atom. The van der Waals surface area contributed by atoms with E-state index in [2.05, 4.69) is 40.9 Å². The molecule has 1 aromatic carbocycles. The minimum absolute atomic E-state index is 0.300. The molecule has 0 fully saturated rings. The number of rotatable bonds is 5. The molecule has 0 aliphatic rings. The molecule has 0 atom stereocenters. The highest BCUT2D eigenvalue weighted by molar-refractivity contribution is 7.98. The Bertz CT molecular complexity index is 767. The number of nitrogens with two attached hydrogens (primary N) is 1. The molecule has 0 aliphatic heterocycles. The fourth-order valence-corrected chi connectivity index (χ4v) is 3.22.